The number of nitrogens with zero attached hydrogens (tertiary/aromatic N) is 1. The number of carbonyl (C=O) groups is 2. The molecule has 1 aromatic heterocycles. The number of furan rings is 1. The third kappa shape index (κ3) is 4.29. The summed E-state index contributed by atoms with van der Waals surface area (Å²) in [6.45, 7) is 0. The van der Waals surface area contributed by atoms with Crippen LogP contribution in [0.15, 0.2) is 70.7 Å². The highest BCUT2D eigenvalue weighted by Crippen LogP contribution is 2.25. The molecule has 0 saturated carbocycles. The van der Waals surface area contributed by atoms with Crippen molar-refractivity contribution in [2.75, 3.05) is 5.32 Å². The Balaban J connectivity index is 1.80. The lowest BCUT2D eigenvalue weighted by molar-refractivity contribution is -0.112. The van der Waals surface area contributed by atoms with Crippen LogP contribution in [0.3, 0.4) is 0 Å². The van der Waals surface area contributed by atoms with E-state index >= 15 is 0 Å². The fourth-order valence-electron chi connectivity index (χ4n) is 2.41. The van der Waals surface area contributed by atoms with Gasteiger partial charge in [0.1, 0.15) is 23.2 Å². The van der Waals surface area contributed by atoms with E-state index < -0.39 is 11.9 Å². The predicted octanol–water partition coefficient (Wildman–Crippen LogP) is 4.84. The summed E-state index contributed by atoms with van der Waals surface area (Å²) in [5.74, 6) is -0.840. The normalized spacial score (nSPS) is 10.9. The molecule has 0 atom stereocenters. The molecule has 0 spiro atoms. The predicted molar refractivity (Wildman–Crippen MR) is 105 cm³/mol. The summed E-state index contributed by atoms with van der Waals surface area (Å²) in [4.78, 5) is 23.2. The van der Waals surface area contributed by atoms with E-state index in [2.05, 4.69) is 5.32 Å². The molecule has 0 fully saturated rings. The van der Waals surface area contributed by atoms with Crippen LogP contribution in [0, 0.1) is 11.3 Å². The SMILES string of the molecule is N#C/C(=C\c1ccc(-c2ccc(C(=O)O)cc2)o1)C(=O)Nc1ccccc1Cl. The zero-order valence-electron chi connectivity index (χ0n) is 14.3. The topological polar surface area (TPSA) is 103 Å². The largest absolute Gasteiger partial charge is 0.478 e. The van der Waals surface area contributed by atoms with Gasteiger partial charge < -0.3 is 14.8 Å². The van der Waals surface area contributed by atoms with E-state index in [1.165, 1.54) is 18.2 Å². The number of nitriles is 1. The van der Waals surface area contributed by atoms with Crippen LogP contribution in [0.25, 0.3) is 17.4 Å². The van der Waals surface area contributed by atoms with Gasteiger partial charge in [-0.3, -0.25) is 4.79 Å². The van der Waals surface area contributed by atoms with E-state index in [0.29, 0.717) is 27.8 Å². The van der Waals surface area contributed by atoms with Gasteiger partial charge in [-0.25, -0.2) is 4.79 Å². The number of nitrogens with one attached hydrogen (secondary N) is 1. The van der Waals surface area contributed by atoms with Crippen LogP contribution in [-0.2, 0) is 4.79 Å². The molecular weight excluding hydrogens is 380 g/mol. The van der Waals surface area contributed by atoms with Crippen molar-refractivity contribution >= 4 is 35.2 Å². The van der Waals surface area contributed by atoms with Crippen LogP contribution >= 0.6 is 11.6 Å². The molecule has 1 heterocycles. The quantitative estimate of drug-likeness (QED) is 0.477. The molecule has 3 rings (SSSR count). The van der Waals surface area contributed by atoms with Gasteiger partial charge in [-0.15, -0.1) is 0 Å². The van der Waals surface area contributed by atoms with Crippen molar-refractivity contribution in [3.05, 3.63) is 82.6 Å². The minimum atomic E-state index is -1.02. The van der Waals surface area contributed by atoms with Crippen LogP contribution in [0.4, 0.5) is 5.69 Å². The van der Waals surface area contributed by atoms with Gasteiger partial charge in [0.05, 0.1) is 16.3 Å². The summed E-state index contributed by atoms with van der Waals surface area (Å²) in [7, 11) is 0. The molecular formula is C21H13ClN2O4. The van der Waals surface area contributed by atoms with Crippen molar-refractivity contribution < 1.29 is 19.1 Å². The molecule has 138 valence electrons. The third-order valence-electron chi connectivity index (χ3n) is 3.82. The van der Waals surface area contributed by atoms with Crippen LogP contribution in [0.1, 0.15) is 16.1 Å². The number of hydrogen-bond donors (Lipinski definition) is 2. The molecule has 0 radical (unpaired) electrons. The molecule has 2 N–H and O–H groups in total. The van der Waals surface area contributed by atoms with Gasteiger partial charge in [0.15, 0.2) is 0 Å². The number of rotatable bonds is 5. The van der Waals surface area contributed by atoms with Crippen LogP contribution in [0.2, 0.25) is 5.02 Å². The maximum Gasteiger partial charge on any atom is 0.335 e. The minimum Gasteiger partial charge on any atom is -0.478 e. The molecule has 0 aliphatic carbocycles. The molecule has 0 saturated heterocycles. The van der Waals surface area contributed by atoms with E-state index in [4.69, 9.17) is 21.1 Å². The highest BCUT2D eigenvalue weighted by Gasteiger charge is 2.13. The Morgan fingerprint density at radius 3 is 2.43 bits per heavy atom. The second-order valence-corrected chi connectivity index (χ2v) is 6.10. The Labute approximate surface area is 165 Å². The van der Waals surface area contributed by atoms with Gasteiger partial charge in [0, 0.05) is 11.6 Å². The number of hydrogen-bond acceptors (Lipinski definition) is 4. The average Bonchev–Trinajstić information content (AvgIpc) is 3.16. The van der Waals surface area contributed by atoms with Crippen molar-refractivity contribution in [1.29, 1.82) is 5.26 Å². The molecule has 7 heteroatoms. The smallest absolute Gasteiger partial charge is 0.335 e. The van der Waals surface area contributed by atoms with E-state index in [1.807, 2.05) is 6.07 Å². The summed E-state index contributed by atoms with van der Waals surface area (Å²) >= 11 is 6.01. The third-order valence-corrected chi connectivity index (χ3v) is 4.15. The molecule has 3 aromatic rings. The lowest BCUT2D eigenvalue weighted by atomic mass is 10.1. The second kappa shape index (κ2) is 8.25. The van der Waals surface area contributed by atoms with E-state index in [0.717, 1.165) is 0 Å². The number of carboxylic acids is 1. The number of carboxylic acid groups (broad SMARTS) is 1. The average molecular weight is 393 g/mol. The lowest BCUT2D eigenvalue weighted by Crippen LogP contribution is -2.13. The molecule has 2 aromatic carbocycles. The van der Waals surface area contributed by atoms with Crippen molar-refractivity contribution in [2.45, 2.75) is 0 Å². The van der Waals surface area contributed by atoms with Gasteiger partial charge in [0.2, 0.25) is 0 Å². The first kappa shape index (κ1) is 19.0. The molecule has 0 bridgehead atoms. The van der Waals surface area contributed by atoms with Crippen LogP contribution in [-0.4, -0.2) is 17.0 Å². The van der Waals surface area contributed by atoms with Gasteiger partial charge in [0.25, 0.3) is 5.91 Å². The number of amides is 1. The van der Waals surface area contributed by atoms with Crippen LogP contribution < -0.4 is 5.32 Å². The molecule has 0 aliphatic heterocycles. The molecule has 6 nitrogen and oxygen atoms in total. The minimum absolute atomic E-state index is 0.151. The molecule has 0 unspecified atom stereocenters. The van der Waals surface area contributed by atoms with Crippen LogP contribution in [0.5, 0.6) is 0 Å². The summed E-state index contributed by atoms with van der Waals surface area (Å²) in [6, 6.07) is 18.0. The Bertz CT molecular complexity index is 1110. The summed E-state index contributed by atoms with van der Waals surface area (Å²) in [5.41, 5.74) is 1.08. The maximum absolute atomic E-state index is 12.3. The van der Waals surface area contributed by atoms with Crippen molar-refractivity contribution in [3.63, 3.8) is 0 Å². The van der Waals surface area contributed by atoms with E-state index in [-0.39, 0.29) is 11.1 Å². The fraction of sp³-hybridized carbons (Fsp3) is 0. The number of anilines is 1. The highest BCUT2D eigenvalue weighted by molar-refractivity contribution is 6.34. The Hall–Kier alpha value is -3.82. The van der Waals surface area contributed by atoms with E-state index in [9.17, 15) is 14.9 Å². The second-order valence-electron chi connectivity index (χ2n) is 5.69. The summed E-state index contributed by atoms with van der Waals surface area (Å²) in [6.07, 6.45) is 1.32. The maximum atomic E-state index is 12.3. The first-order chi connectivity index (χ1) is 13.5. The molecule has 1 amide bonds. The van der Waals surface area contributed by atoms with Gasteiger partial charge in [-0.1, -0.05) is 35.9 Å². The van der Waals surface area contributed by atoms with Gasteiger partial charge >= 0.3 is 5.97 Å². The monoisotopic (exact) mass is 392 g/mol. The highest BCUT2D eigenvalue weighted by atomic mass is 35.5. The zero-order chi connectivity index (χ0) is 20.1. The van der Waals surface area contributed by atoms with Crippen molar-refractivity contribution in [2.24, 2.45) is 0 Å². The number of benzene rings is 2. The lowest BCUT2D eigenvalue weighted by Gasteiger charge is -2.05. The van der Waals surface area contributed by atoms with Gasteiger partial charge in [-0.05, 0) is 36.4 Å². The number of para-hydroxylation sites is 1. The fourth-order valence-corrected chi connectivity index (χ4v) is 2.59. The number of aromatic carboxylic acids is 1. The number of halogens is 1. The Kier molecular flexibility index (Phi) is 5.58. The summed E-state index contributed by atoms with van der Waals surface area (Å²) < 4.78 is 5.65. The first-order valence-electron chi connectivity index (χ1n) is 8.09. The van der Waals surface area contributed by atoms with Crippen molar-refractivity contribution in [1.82, 2.24) is 0 Å². The first-order valence-corrected chi connectivity index (χ1v) is 8.47. The van der Waals surface area contributed by atoms with Crippen molar-refractivity contribution in [3.8, 4) is 17.4 Å². The molecule has 0 aliphatic rings. The van der Waals surface area contributed by atoms with Gasteiger partial charge in [-0.2, -0.15) is 5.26 Å². The summed E-state index contributed by atoms with van der Waals surface area (Å²) in [5, 5.41) is 21.2. The number of carbonyl (C=O) groups excluding carboxylic acids is 1. The Morgan fingerprint density at radius 2 is 1.79 bits per heavy atom. The Morgan fingerprint density at radius 1 is 1.07 bits per heavy atom. The molecule has 28 heavy (non-hydrogen) atoms. The zero-order valence-corrected chi connectivity index (χ0v) is 15.1. The van der Waals surface area contributed by atoms with E-state index in [1.54, 1.807) is 48.5 Å². The standard InChI is InChI=1S/C21H13ClN2O4/c22-17-3-1-2-4-18(17)24-20(25)15(12-23)11-16-9-10-19(28-16)13-5-7-14(8-6-13)21(26)27/h1-11H,(H,24,25)(H,26,27)/b15-11+.